The van der Waals surface area contributed by atoms with Crippen molar-refractivity contribution >= 4 is 29.5 Å². The number of nitrogens with two attached hydrogens (primary N) is 2. The van der Waals surface area contributed by atoms with E-state index in [9.17, 15) is 108 Å². The number of benzene rings is 6. The van der Waals surface area contributed by atoms with E-state index in [0.29, 0.717) is 81.5 Å². The highest BCUT2D eigenvalue weighted by Gasteiger charge is 2.57. The fourth-order valence-electron chi connectivity index (χ4n) is 16.1. The summed E-state index contributed by atoms with van der Waals surface area (Å²) in [5.74, 6) is -2.05. The number of hydrogen-bond acceptors (Lipinski definition) is 12. The summed E-state index contributed by atoms with van der Waals surface area (Å²) in [6.45, 7) is 4.73. The SMILES string of the molecule is C[C@@H](OC[C@@]1(c2ccccc2)CC[C@]2(CC#N)CN1CC(=O)N2)c1cc(C(F)(F)F)cc(C(F)(F)F)c1.C[C@@H](OC[C@@]1(c2ccccc2)CC[C@]2(CC(N)=O)CN1CC(=O)N2)c1cc(C(F)(F)F)cc(C(F)(F)F)c1.C[C@@H](OC[C@@]1(c2ccccc2)CC[C@]2(CC(N)=O)CN1CC(=O)N2)c1cc(C(F)(F)F)cc(C(F)(F)F)c1. The van der Waals surface area contributed by atoms with Gasteiger partial charge in [-0.25, -0.2) is 0 Å². The molecule has 0 aromatic heterocycles. The second kappa shape index (κ2) is 32.5. The lowest BCUT2D eigenvalue weighted by Crippen LogP contribution is -2.72. The van der Waals surface area contributed by atoms with E-state index in [1.165, 1.54) is 20.8 Å². The zero-order valence-corrected chi connectivity index (χ0v) is 60.8. The maximum absolute atomic E-state index is 13.4. The van der Waals surface area contributed by atoms with Crippen LogP contribution >= 0.6 is 0 Å². The minimum atomic E-state index is -4.98. The zero-order chi connectivity index (χ0) is 82.9. The molecule has 0 spiro atoms. The van der Waals surface area contributed by atoms with E-state index >= 15 is 0 Å². The molecule has 12 rings (SSSR count). The van der Waals surface area contributed by atoms with Crippen LogP contribution in [0.3, 0.4) is 0 Å². The van der Waals surface area contributed by atoms with E-state index in [1.54, 1.807) is 36.4 Å². The van der Waals surface area contributed by atoms with Crippen LogP contribution in [0.1, 0.15) is 164 Å². The standard InChI is InChI=1S/2C26H27F6N3O3.C26H25F6N3O2/c2*1-16(17-9-19(25(27,28)29)11-20(10-17)26(30,31)32)38-15-24(18-5-3-2-4-6-18)8-7-23(12-21(33)36)14-35(24)13-22(37)34-23;1-17(18-11-20(25(27,28)29)13-21(12-18)26(30,31)32)37-16-24(19-5-3-2-4-6-19)8-7-23(9-10-33)15-35(24)14-22(36)34-23/h2*2-6,9-11,16H,7-8,12-15H2,1H3,(H2,33,36)(H,34,37);2-6,11-13,17H,7-9,14-16H2,1H3,(H,34,36)/t2*16-,23+,24-;17-,23+,24-/m111/s1. The van der Waals surface area contributed by atoms with Gasteiger partial charge in [-0.2, -0.15) is 84.3 Å². The van der Waals surface area contributed by atoms with Gasteiger partial charge >= 0.3 is 37.1 Å². The molecule has 17 nitrogen and oxygen atoms in total. The molecule has 6 heterocycles. The molecule has 0 aliphatic carbocycles. The van der Waals surface area contributed by atoms with Crippen molar-refractivity contribution in [2.24, 2.45) is 11.5 Å². The molecule has 0 saturated carbocycles. The molecule has 610 valence electrons. The Balaban J connectivity index is 0.000000180. The van der Waals surface area contributed by atoms with E-state index in [1.807, 2.05) is 69.3 Å². The first-order valence-corrected chi connectivity index (χ1v) is 35.6. The third-order valence-corrected chi connectivity index (χ3v) is 21.9. The molecule has 113 heavy (non-hydrogen) atoms. The normalized spacial score (nSPS) is 26.6. The first-order valence-electron chi connectivity index (χ1n) is 35.6. The van der Waals surface area contributed by atoms with Gasteiger partial charge in [-0.1, -0.05) is 91.0 Å². The molecule has 3 unspecified atom stereocenters. The Morgan fingerprint density at radius 2 is 0.628 bits per heavy atom. The quantitative estimate of drug-likeness (QED) is 0.0449. The molecule has 12 atom stereocenters. The number of halogens is 18. The van der Waals surface area contributed by atoms with Crippen molar-refractivity contribution in [1.82, 2.24) is 30.7 Å². The molecule has 6 aromatic rings. The molecule has 6 aliphatic heterocycles. The highest BCUT2D eigenvalue weighted by molar-refractivity contribution is 5.84. The van der Waals surface area contributed by atoms with Gasteiger partial charge in [-0.05, 0) is 147 Å². The molecule has 6 fully saturated rings. The van der Waals surface area contributed by atoms with Gasteiger partial charge in [0.15, 0.2) is 0 Å². The number of carbonyl (C=O) groups is 5. The van der Waals surface area contributed by atoms with Crippen molar-refractivity contribution in [3.8, 4) is 6.07 Å². The molecular formula is C78H79F18N9O8. The number of nitrogens with one attached hydrogen (secondary N) is 3. The van der Waals surface area contributed by atoms with Crippen molar-refractivity contribution in [2.45, 2.75) is 167 Å². The lowest BCUT2D eigenvalue weighted by atomic mass is 9.72. The summed E-state index contributed by atoms with van der Waals surface area (Å²) in [6.07, 6.45) is -30.8. The fourth-order valence-corrected chi connectivity index (χ4v) is 16.1. The highest BCUT2D eigenvalue weighted by Crippen LogP contribution is 2.50. The summed E-state index contributed by atoms with van der Waals surface area (Å²) in [6, 6.07) is 33.5. The summed E-state index contributed by atoms with van der Waals surface area (Å²) >= 11 is 0. The second-order valence-electron chi connectivity index (χ2n) is 29.7. The van der Waals surface area contributed by atoms with Crippen LogP contribution in [0.2, 0.25) is 0 Å². The number of piperazine rings is 3. The number of nitrogens with zero attached hydrogens (tertiary/aromatic N) is 4. The maximum Gasteiger partial charge on any atom is 0.416 e. The molecular weight excluding hydrogens is 1530 g/mol. The summed E-state index contributed by atoms with van der Waals surface area (Å²) < 4.78 is 259. The van der Waals surface area contributed by atoms with Gasteiger partial charge in [0.05, 0.1) is 150 Å². The monoisotopic (exact) mass is 1610 g/mol. The Hall–Kier alpha value is -9.34. The predicted octanol–water partition coefficient (Wildman–Crippen LogP) is 14.6. The number of fused-ring (bicyclic) bond motifs is 6. The van der Waals surface area contributed by atoms with Crippen LogP contribution in [0.4, 0.5) is 79.0 Å². The number of piperidine rings is 3. The molecule has 6 aliphatic rings. The minimum Gasteiger partial charge on any atom is -0.372 e. The van der Waals surface area contributed by atoms with Gasteiger partial charge in [-0.15, -0.1) is 0 Å². The smallest absolute Gasteiger partial charge is 0.372 e. The topological polar surface area (TPSA) is 235 Å². The van der Waals surface area contributed by atoms with Crippen molar-refractivity contribution in [3.05, 3.63) is 212 Å². The lowest BCUT2D eigenvalue weighted by Gasteiger charge is -2.57. The van der Waals surface area contributed by atoms with Gasteiger partial charge in [-0.3, -0.25) is 38.7 Å². The molecule has 5 amide bonds. The van der Waals surface area contributed by atoms with Gasteiger partial charge < -0.3 is 41.6 Å². The maximum atomic E-state index is 13.4. The average Bonchev–Trinajstić information content (AvgIpc) is 0.742. The van der Waals surface area contributed by atoms with E-state index in [0.717, 1.165) is 16.7 Å². The van der Waals surface area contributed by atoms with Gasteiger partial charge in [0.25, 0.3) is 0 Å². The third-order valence-electron chi connectivity index (χ3n) is 21.9. The first-order chi connectivity index (χ1) is 52.5. The van der Waals surface area contributed by atoms with Crippen LogP contribution in [0, 0.1) is 11.3 Å². The first kappa shape index (κ1) is 86.1. The van der Waals surface area contributed by atoms with Crippen molar-refractivity contribution in [2.75, 3.05) is 59.1 Å². The molecule has 6 saturated heterocycles. The fraction of sp³-hybridized carbons (Fsp3) is 0.462. The van der Waals surface area contributed by atoms with Gasteiger partial charge in [0.1, 0.15) is 0 Å². The molecule has 6 bridgehead atoms. The number of ether oxygens (including phenoxy) is 3. The molecule has 0 radical (unpaired) electrons. The number of primary amides is 2. The Morgan fingerprint density at radius 3 is 0.858 bits per heavy atom. The molecule has 7 N–H and O–H groups in total. The second-order valence-corrected chi connectivity index (χ2v) is 29.7. The number of rotatable bonds is 20. The zero-order valence-electron chi connectivity index (χ0n) is 60.8. The van der Waals surface area contributed by atoms with E-state index in [-0.39, 0.29) is 124 Å². The Bertz CT molecular complexity index is 4200. The van der Waals surface area contributed by atoms with Gasteiger partial charge in [0, 0.05) is 19.6 Å². The third kappa shape index (κ3) is 19.7. The summed E-state index contributed by atoms with van der Waals surface area (Å²) in [7, 11) is 0. The van der Waals surface area contributed by atoms with Crippen LogP contribution in [0.5, 0.6) is 0 Å². The van der Waals surface area contributed by atoms with Crippen molar-refractivity contribution in [3.63, 3.8) is 0 Å². The van der Waals surface area contributed by atoms with Crippen LogP contribution < -0.4 is 27.4 Å². The van der Waals surface area contributed by atoms with Crippen LogP contribution in [0.25, 0.3) is 0 Å². The summed E-state index contributed by atoms with van der Waals surface area (Å²) in [5, 5.41) is 18.0. The number of amides is 5. The number of hydrogen-bond donors (Lipinski definition) is 5. The van der Waals surface area contributed by atoms with E-state index in [4.69, 9.17) is 25.7 Å². The van der Waals surface area contributed by atoms with Crippen molar-refractivity contribution in [1.29, 1.82) is 5.26 Å². The predicted molar refractivity (Wildman–Crippen MR) is 370 cm³/mol. The highest BCUT2D eigenvalue weighted by atomic mass is 19.4. The largest absolute Gasteiger partial charge is 0.416 e. The Morgan fingerprint density at radius 1 is 0.398 bits per heavy atom. The summed E-state index contributed by atoms with van der Waals surface area (Å²) in [5.41, 5.74) is -1.22. The van der Waals surface area contributed by atoms with E-state index in [2.05, 4.69) is 22.0 Å². The van der Waals surface area contributed by atoms with E-state index < -0.39 is 134 Å². The lowest BCUT2D eigenvalue weighted by molar-refractivity contribution is -0.147. The molecule has 6 aromatic carbocycles. The van der Waals surface area contributed by atoms with Crippen LogP contribution in [0.15, 0.2) is 146 Å². The Kier molecular flexibility index (Phi) is 24.8. The Labute approximate surface area is 636 Å². The van der Waals surface area contributed by atoms with Crippen LogP contribution in [-0.4, -0.2) is 120 Å². The number of carbonyl (C=O) groups excluding carboxylic acids is 5. The van der Waals surface area contributed by atoms with Crippen molar-refractivity contribution < 1.29 is 117 Å². The minimum absolute atomic E-state index is 0.0155. The van der Waals surface area contributed by atoms with Crippen LogP contribution in [-0.2, 0) is 91.9 Å². The molecule has 35 heteroatoms. The number of alkyl halides is 18. The number of nitriles is 1. The average molecular weight is 1610 g/mol. The summed E-state index contributed by atoms with van der Waals surface area (Å²) in [4.78, 5) is 67.0. The van der Waals surface area contributed by atoms with Gasteiger partial charge in [0.2, 0.25) is 29.5 Å².